The molecule has 0 bridgehead atoms. The Morgan fingerprint density at radius 3 is 1.24 bits per heavy atom. The van der Waals surface area contributed by atoms with Crippen LogP contribution in [0.15, 0.2) is 0 Å². The summed E-state index contributed by atoms with van der Waals surface area (Å²) in [5, 5.41) is 0. The van der Waals surface area contributed by atoms with Crippen LogP contribution in [-0.4, -0.2) is 45.7 Å². The topological polar surface area (TPSA) is 44.8 Å². The van der Waals surface area contributed by atoms with Crippen molar-refractivity contribution in [1.82, 2.24) is 0 Å². The Kier molecular flexibility index (Phi) is 7.99. The maximum atomic E-state index is 13.2. The summed E-state index contributed by atoms with van der Waals surface area (Å²) in [4.78, 5) is 0. The normalized spacial score (nSPS) is 19.2. The highest BCUT2D eigenvalue weighted by Gasteiger charge is 2.58. The molecule has 2 atom stereocenters. The summed E-state index contributed by atoms with van der Waals surface area (Å²) in [6.07, 6.45) is -18.2. The van der Waals surface area contributed by atoms with Crippen LogP contribution in [0.25, 0.3) is 0 Å². The lowest BCUT2D eigenvalue weighted by molar-refractivity contribution is -0.242. The highest BCUT2D eigenvalue weighted by Crippen LogP contribution is 2.57. The minimum absolute atomic E-state index is 1.09. The lowest BCUT2D eigenvalue weighted by atomic mass is 10.3. The second kappa shape index (κ2) is 8.11. The van der Waals surface area contributed by atoms with Crippen molar-refractivity contribution in [3.63, 3.8) is 0 Å². The van der Waals surface area contributed by atoms with E-state index in [0.29, 0.717) is 0 Å². The third-order valence-electron chi connectivity index (χ3n) is 2.02. The van der Waals surface area contributed by atoms with Gasteiger partial charge in [-0.2, -0.15) is 17.6 Å². The van der Waals surface area contributed by atoms with Gasteiger partial charge in [-0.3, -0.25) is 0 Å². The molecule has 0 aliphatic carbocycles. The van der Waals surface area contributed by atoms with Crippen LogP contribution in [0.5, 0.6) is 0 Å². The molecule has 0 aromatic carbocycles. The fraction of sp³-hybridized carbons (Fsp3) is 1.00. The predicted molar refractivity (Wildman–Crippen MR) is 65.9 cm³/mol. The van der Waals surface area contributed by atoms with E-state index in [4.69, 9.17) is 0 Å². The molecular formula is C9H13F10O4PSi. The number of hydrogen-bond acceptors (Lipinski definition) is 4. The second-order valence-corrected chi connectivity index (χ2v) is 11.7. The Bertz CT molecular complexity index is 453. The minimum atomic E-state index is -6.04. The van der Waals surface area contributed by atoms with E-state index < -0.39 is 53.6 Å². The lowest BCUT2D eigenvalue weighted by Gasteiger charge is -2.30. The maximum absolute atomic E-state index is 13.2. The molecule has 16 heteroatoms. The quantitative estimate of drug-likeness (QED) is 0.264. The van der Waals surface area contributed by atoms with Crippen LogP contribution >= 0.6 is 7.82 Å². The first kappa shape index (κ1) is 24.6. The minimum Gasteiger partial charge on any atom is -0.330 e. The Balaban J connectivity index is 5.58. The second-order valence-electron chi connectivity index (χ2n) is 5.44. The van der Waals surface area contributed by atoms with E-state index in [0.717, 1.165) is 19.6 Å². The number of phosphoric acid groups is 1. The van der Waals surface area contributed by atoms with E-state index >= 15 is 0 Å². The van der Waals surface area contributed by atoms with Gasteiger partial charge in [0.25, 0.3) is 12.7 Å². The molecular weight excluding hydrogens is 421 g/mol. The SMILES string of the molecule is C[Si](C)(C)OP(=O)(OC(F)C(F)(F)C(F)F)OC(F)C(F)(F)C(F)F. The largest absolute Gasteiger partial charge is 0.470 e. The summed E-state index contributed by atoms with van der Waals surface area (Å²) in [5.74, 6) is -11.2. The molecule has 0 saturated carbocycles. The van der Waals surface area contributed by atoms with Gasteiger partial charge in [0.15, 0.2) is 8.32 Å². The van der Waals surface area contributed by atoms with Gasteiger partial charge in [-0.05, 0) is 19.6 Å². The average Bonchev–Trinajstić information content (AvgIpc) is 2.34. The highest BCUT2D eigenvalue weighted by molar-refractivity contribution is 7.50. The van der Waals surface area contributed by atoms with Crippen molar-refractivity contribution in [2.75, 3.05) is 0 Å². The molecule has 0 aliphatic rings. The molecule has 2 unspecified atom stereocenters. The van der Waals surface area contributed by atoms with Gasteiger partial charge in [-0.25, -0.2) is 40.0 Å². The zero-order valence-electron chi connectivity index (χ0n) is 12.7. The molecule has 0 amide bonds. The van der Waals surface area contributed by atoms with Crippen LogP contribution in [0, 0.1) is 0 Å². The van der Waals surface area contributed by atoms with Crippen molar-refractivity contribution in [3.8, 4) is 0 Å². The Labute approximate surface area is 136 Å². The average molecular weight is 434 g/mol. The van der Waals surface area contributed by atoms with E-state index in [1.165, 1.54) is 0 Å². The summed E-state index contributed by atoms with van der Waals surface area (Å²) in [6.45, 7) is 3.26. The molecule has 0 radical (unpaired) electrons. The monoisotopic (exact) mass is 434 g/mol. The Morgan fingerprint density at radius 2 is 1.04 bits per heavy atom. The number of alkyl halides is 10. The van der Waals surface area contributed by atoms with Gasteiger partial charge in [0.05, 0.1) is 0 Å². The summed E-state index contributed by atoms with van der Waals surface area (Å²) in [5.41, 5.74) is 0. The summed E-state index contributed by atoms with van der Waals surface area (Å²) >= 11 is 0. The van der Waals surface area contributed by atoms with Crippen LogP contribution in [0.2, 0.25) is 19.6 Å². The third-order valence-corrected chi connectivity index (χ3v) is 5.99. The van der Waals surface area contributed by atoms with Crippen LogP contribution < -0.4 is 0 Å². The predicted octanol–water partition coefficient (Wildman–Crippen LogP) is 5.37. The van der Waals surface area contributed by atoms with Gasteiger partial charge in [-0.1, -0.05) is 0 Å². The number of halogens is 10. The molecule has 0 spiro atoms. The van der Waals surface area contributed by atoms with Gasteiger partial charge in [-0.15, -0.1) is 0 Å². The molecule has 0 rings (SSSR count). The fourth-order valence-electron chi connectivity index (χ4n) is 0.969. The maximum Gasteiger partial charge on any atom is 0.470 e. The molecule has 4 nitrogen and oxygen atoms in total. The van der Waals surface area contributed by atoms with E-state index in [2.05, 4.69) is 13.3 Å². The number of rotatable bonds is 10. The molecule has 152 valence electrons. The smallest absolute Gasteiger partial charge is 0.330 e. The Morgan fingerprint density at radius 1 is 0.760 bits per heavy atom. The first-order chi connectivity index (χ1) is 10.8. The van der Waals surface area contributed by atoms with Crippen LogP contribution in [0.4, 0.5) is 43.9 Å². The first-order valence-corrected chi connectivity index (χ1v) is 11.0. The number of hydrogen-bond donors (Lipinski definition) is 0. The van der Waals surface area contributed by atoms with Gasteiger partial charge < -0.3 is 4.21 Å². The standard InChI is InChI=1S/C9H13F10O4PSi/c1-25(2,3)23-24(20,21-6(14)8(16,17)4(10)11)22-7(15)9(18,19)5(12)13/h4-7H,1-3H3. The van der Waals surface area contributed by atoms with Gasteiger partial charge in [0.2, 0.25) is 0 Å². The van der Waals surface area contributed by atoms with Crippen molar-refractivity contribution in [3.05, 3.63) is 0 Å². The van der Waals surface area contributed by atoms with E-state index in [1.807, 2.05) is 0 Å². The summed E-state index contributed by atoms with van der Waals surface area (Å²) in [6, 6.07) is 0. The Hall–Kier alpha value is -0.373. The van der Waals surface area contributed by atoms with Crippen molar-refractivity contribution >= 4 is 16.1 Å². The summed E-state index contributed by atoms with van der Waals surface area (Å²) in [7, 11) is -9.35. The van der Waals surface area contributed by atoms with Crippen molar-refractivity contribution in [2.45, 2.75) is 57.1 Å². The van der Waals surface area contributed by atoms with Crippen LogP contribution in [-0.2, 0) is 17.8 Å². The summed E-state index contributed by atoms with van der Waals surface area (Å²) < 4.78 is 148. The molecule has 0 aromatic heterocycles. The van der Waals surface area contributed by atoms with Crippen molar-refractivity contribution in [1.29, 1.82) is 0 Å². The fourth-order valence-corrected chi connectivity index (χ4v) is 4.78. The van der Waals surface area contributed by atoms with Crippen molar-refractivity contribution < 1.29 is 61.7 Å². The van der Waals surface area contributed by atoms with E-state index in [-0.39, 0.29) is 0 Å². The van der Waals surface area contributed by atoms with E-state index in [9.17, 15) is 48.5 Å². The number of phosphoric ester groups is 1. The first-order valence-electron chi connectivity index (χ1n) is 6.13. The molecule has 0 saturated heterocycles. The third kappa shape index (κ3) is 7.04. The van der Waals surface area contributed by atoms with Crippen LogP contribution in [0.3, 0.4) is 0 Å². The van der Waals surface area contributed by atoms with E-state index in [1.54, 1.807) is 0 Å². The zero-order valence-corrected chi connectivity index (χ0v) is 14.6. The molecule has 0 N–H and O–H groups in total. The highest BCUT2D eigenvalue weighted by atomic mass is 31.2. The zero-order chi connectivity index (χ0) is 20.4. The molecule has 25 heavy (non-hydrogen) atoms. The molecule has 0 aromatic rings. The van der Waals surface area contributed by atoms with Gasteiger partial charge >= 0.3 is 32.5 Å². The van der Waals surface area contributed by atoms with Gasteiger partial charge in [0.1, 0.15) is 0 Å². The molecule has 0 fully saturated rings. The van der Waals surface area contributed by atoms with Gasteiger partial charge in [0, 0.05) is 0 Å². The van der Waals surface area contributed by atoms with Crippen molar-refractivity contribution in [2.24, 2.45) is 0 Å². The molecule has 0 heterocycles. The lowest BCUT2D eigenvalue weighted by Crippen LogP contribution is -2.42. The van der Waals surface area contributed by atoms with Crippen LogP contribution in [0.1, 0.15) is 0 Å². The molecule has 0 aliphatic heterocycles.